The fourth-order valence-corrected chi connectivity index (χ4v) is 5.05. The number of hydrogen-bond donors (Lipinski definition) is 1. The minimum Gasteiger partial charge on any atom is -0.469 e. The van der Waals surface area contributed by atoms with Crippen molar-refractivity contribution in [2.75, 3.05) is 19.4 Å². The van der Waals surface area contributed by atoms with Crippen molar-refractivity contribution in [1.82, 2.24) is 14.8 Å². The average Bonchev–Trinajstić information content (AvgIpc) is 3.38. The van der Waals surface area contributed by atoms with Gasteiger partial charge in [0, 0.05) is 22.9 Å². The zero-order chi connectivity index (χ0) is 23.4. The predicted molar refractivity (Wildman–Crippen MR) is 134 cm³/mol. The van der Waals surface area contributed by atoms with E-state index >= 15 is 0 Å². The highest BCUT2D eigenvalue weighted by Gasteiger charge is 2.21. The Hall–Kier alpha value is -3.17. The van der Waals surface area contributed by atoms with Crippen LogP contribution in [-0.4, -0.2) is 45.9 Å². The zero-order valence-corrected chi connectivity index (χ0v) is 20.3. The lowest BCUT2D eigenvalue weighted by Gasteiger charge is -2.03. The molecule has 0 radical (unpaired) electrons. The Balaban J connectivity index is 1.60. The van der Waals surface area contributed by atoms with E-state index in [1.54, 1.807) is 18.7 Å². The third-order valence-electron chi connectivity index (χ3n) is 5.08. The third kappa shape index (κ3) is 5.26. The van der Waals surface area contributed by atoms with Crippen LogP contribution in [0.1, 0.15) is 23.7 Å². The summed E-state index contributed by atoms with van der Waals surface area (Å²) in [6.07, 6.45) is -0.0516. The van der Waals surface area contributed by atoms with Crippen LogP contribution in [0, 0.1) is 6.92 Å². The zero-order valence-electron chi connectivity index (χ0n) is 18.6. The average molecular weight is 481 g/mol. The molecule has 0 aliphatic carbocycles. The highest BCUT2D eigenvalue weighted by molar-refractivity contribution is 7.99. The van der Waals surface area contributed by atoms with Crippen molar-refractivity contribution >= 4 is 45.0 Å². The molecule has 33 heavy (non-hydrogen) atoms. The third-order valence-corrected chi connectivity index (χ3v) is 7.09. The van der Waals surface area contributed by atoms with Crippen LogP contribution in [0.25, 0.3) is 15.3 Å². The largest absolute Gasteiger partial charge is 0.469 e. The molecule has 2 aromatic heterocycles. The molecule has 1 N–H and O–H groups in total. The number of aromatic nitrogens is 3. The summed E-state index contributed by atoms with van der Waals surface area (Å²) in [5.74, 6) is 0.347. The van der Waals surface area contributed by atoms with Crippen molar-refractivity contribution in [3.8, 4) is 5.13 Å². The van der Waals surface area contributed by atoms with Crippen molar-refractivity contribution in [2.45, 2.75) is 25.2 Å². The number of fused-ring (bicyclic) bond motifs is 1. The molecule has 0 saturated carbocycles. The van der Waals surface area contributed by atoms with E-state index in [0.29, 0.717) is 28.6 Å². The maximum absolute atomic E-state index is 13.3. The number of thiazole rings is 1. The molecule has 4 rings (SSSR count). The number of benzene rings is 2. The summed E-state index contributed by atoms with van der Waals surface area (Å²) in [4.78, 5) is 35.7. The lowest BCUT2D eigenvalue weighted by Crippen LogP contribution is -2.20. The van der Waals surface area contributed by atoms with Gasteiger partial charge in [0.1, 0.15) is 0 Å². The van der Waals surface area contributed by atoms with Gasteiger partial charge in [0.05, 0.1) is 35.0 Å². The summed E-state index contributed by atoms with van der Waals surface area (Å²) in [5, 5.41) is 3.58. The number of hydrogen-bond acceptors (Lipinski definition) is 7. The Labute approximate surface area is 199 Å². The molecule has 0 saturated heterocycles. The van der Waals surface area contributed by atoms with Crippen LogP contribution in [0.15, 0.2) is 63.2 Å². The van der Waals surface area contributed by atoms with Crippen LogP contribution < -0.4 is 5.56 Å². The molecule has 0 bridgehead atoms. The summed E-state index contributed by atoms with van der Waals surface area (Å²) in [7, 11) is 1.33. The van der Waals surface area contributed by atoms with Crippen LogP contribution in [0.4, 0.5) is 0 Å². The number of carbonyl (C=O) groups is 1. The molecule has 0 spiro atoms. The van der Waals surface area contributed by atoms with Gasteiger partial charge in [-0.1, -0.05) is 41.2 Å². The lowest BCUT2D eigenvalue weighted by molar-refractivity contribution is -0.139. The molecular weight excluding hydrogens is 456 g/mol. The molecule has 4 aromatic rings. The molecule has 9 heteroatoms. The van der Waals surface area contributed by atoms with E-state index in [1.165, 1.54) is 33.6 Å². The molecule has 0 atom stereocenters. The van der Waals surface area contributed by atoms with E-state index in [9.17, 15) is 9.59 Å². The van der Waals surface area contributed by atoms with E-state index in [4.69, 9.17) is 4.74 Å². The van der Waals surface area contributed by atoms with Gasteiger partial charge in [0.2, 0.25) is 5.13 Å². The van der Waals surface area contributed by atoms with E-state index in [1.807, 2.05) is 24.3 Å². The van der Waals surface area contributed by atoms with Crippen molar-refractivity contribution in [3.63, 3.8) is 0 Å². The smallest absolute Gasteiger partial charge is 0.311 e. The number of thioether (sulfide) groups is 1. The molecular formula is C24H24N4O3S2. The SMILES string of the molecule is COC(=O)Cc1[nH]n(-c2nc3ccccc3s2)c(=O)c1C(C)=NCCSc1ccc(C)cc1. The molecule has 0 fully saturated rings. The van der Waals surface area contributed by atoms with Crippen LogP contribution in [-0.2, 0) is 16.0 Å². The van der Waals surface area contributed by atoms with Gasteiger partial charge < -0.3 is 4.74 Å². The van der Waals surface area contributed by atoms with Gasteiger partial charge in [0.15, 0.2) is 0 Å². The number of nitrogens with zero attached hydrogens (tertiary/aromatic N) is 3. The number of ether oxygens (including phenoxy) is 1. The summed E-state index contributed by atoms with van der Waals surface area (Å²) in [6, 6.07) is 16.0. The minimum absolute atomic E-state index is 0.0516. The second-order valence-electron chi connectivity index (χ2n) is 7.45. The Morgan fingerprint density at radius 1 is 1.21 bits per heavy atom. The number of rotatable bonds is 8. The molecule has 0 unspecified atom stereocenters. The first-order valence-corrected chi connectivity index (χ1v) is 12.2. The maximum atomic E-state index is 13.3. The minimum atomic E-state index is -0.434. The number of aliphatic imine (C=N–C) groups is 1. The number of aromatic amines is 1. The number of para-hydroxylation sites is 1. The second-order valence-corrected chi connectivity index (χ2v) is 9.63. The maximum Gasteiger partial charge on any atom is 0.311 e. The summed E-state index contributed by atoms with van der Waals surface area (Å²) >= 11 is 3.12. The Bertz CT molecular complexity index is 1330. The topological polar surface area (TPSA) is 89.3 Å². The van der Waals surface area contributed by atoms with Gasteiger partial charge in [-0.3, -0.25) is 19.7 Å². The van der Waals surface area contributed by atoms with Gasteiger partial charge in [-0.15, -0.1) is 11.8 Å². The Kier molecular flexibility index (Phi) is 7.10. The van der Waals surface area contributed by atoms with Crippen LogP contribution in [0.3, 0.4) is 0 Å². The fourth-order valence-electron chi connectivity index (χ4n) is 3.38. The van der Waals surface area contributed by atoms with Crippen molar-refractivity contribution in [2.24, 2.45) is 4.99 Å². The lowest BCUT2D eigenvalue weighted by atomic mass is 10.1. The van der Waals surface area contributed by atoms with E-state index in [-0.39, 0.29) is 12.0 Å². The number of H-pyrrole nitrogens is 1. The summed E-state index contributed by atoms with van der Waals surface area (Å²) in [5.41, 5.74) is 3.20. The molecule has 2 heterocycles. The van der Waals surface area contributed by atoms with Gasteiger partial charge in [-0.05, 0) is 38.1 Å². The van der Waals surface area contributed by atoms with Crippen molar-refractivity contribution in [3.05, 3.63) is 75.7 Å². The van der Waals surface area contributed by atoms with E-state index in [0.717, 1.165) is 16.0 Å². The molecule has 170 valence electrons. The van der Waals surface area contributed by atoms with Crippen LogP contribution in [0.2, 0.25) is 0 Å². The fraction of sp³-hybridized carbons (Fsp3) is 0.250. The van der Waals surface area contributed by atoms with Crippen LogP contribution >= 0.6 is 23.1 Å². The van der Waals surface area contributed by atoms with Gasteiger partial charge in [0.25, 0.3) is 5.56 Å². The standard InChI is InChI=1S/C24H24N4O3S2/c1-15-8-10-17(11-9-15)32-13-12-25-16(2)22-19(14-21(29)31-3)27-28(23(22)30)24-26-18-6-4-5-7-20(18)33-24/h4-11,27H,12-14H2,1-3H3. The first-order chi connectivity index (χ1) is 16.0. The van der Waals surface area contributed by atoms with Gasteiger partial charge >= 0.3 is 5.97 Å². The van der Waals surface area contributed by atoms with E-state index < -0.39 is 5.97 Å². The van der Waals surface area contributed by atoms with Crippen molar-refractivity contribution in [1.29, 1.82) is 0 Å². The summed E-state index contributed by atoms with van der Waals surface area (Å²) in [6.45, 7) is 4.41. The molecule has 0 aliphatic rings. The quantitative estimate of drug-likeness (QED) is 0.175. The first kappa shape index (κ1) is 23.0. The number of aryl methyl sites for hydroxylation is 1. The van der Waals surface area contributed by atoms with Crippen molar-refractivity contribution < 1.29 is 9.53 Å². The number of esters is 1. The van der Waals surface area contributed by atoms with Gasteiger partial charge in [-0.25, -0.2) is 4.98 Å². The predicted octanol–water partition coefficient (Wildman–Crippen LogP) is 4.40. The second kappa shape index (κ2) is 10.2. The Morgan fingerprint density at radius 2 is 1.97 bits per heavy atom. The number of nitrogens with one attached hydrogen (secondary N) is 1. The highest BCUT2D eigenvalue weighted by atomic mass is 32.2. The molecule has 7 nitrogen and oxygen atoms in total. The normalized spacial score (nSPS) is 11.8. The Morgan fingerprint density at radius 3 is 2.70 bits per heavy atom. The molecule has 0 amide bonds. The van der Waals surface area contributed by atoms with Gasteiger partial charge in [-0.2, -0.15) is 4.68 Å². The summed E-state index contributed by atoms with van der Waals surface area (Å²) < 4.78 is 7.18. The first-order valence-electron chi connectivity index (χ1n) is 10.4. The van der Waals surface area contributed by atoms with E-state index in [2.05, 4.69) is 46.3 Å². The number of methoxy groups -OCH3 is 1. The molecule has 0 aliphatic heterocycles. The monoisotopic (exact) mass is 480 g/mol. The number of carbonyl (C=O) groups excluding carboxylic acids is 1. The van der Waals surface area contributed by atoms with Crippen LogP contribution in [0.5, 0.6) is 0 Å². The molecule has 2 aromatic carbocycles. The highest BCUT2D eigenvalue weighted by Crippen LogP contribution is 2.24.